The number of nitrogens with one attached hydrogen (secondary N) is 1. The fourth-order valence-electron chi connectivity index (χ4n) is 8.63. The van der Waals surface area contributed by atoms with E-state index in [0.29, 0.717) is 12.8 Å². The lowest BCUT2D eigenvalue weighted by molar-refractivity contribution is -0.296. The number of likely N-dealkylation sites (N-methyl/N-ethyl adjacent to an activating group) is 1. The number of halogens is 1. The maximum atomic E-state index is 16.9. The Balaban J connectivity index is 1.53. The Morgan fingerprint density at radius 3 is 2.36 bits per heavy atom. The Morgan fingerprint density at radius 1 is 1.05 bits per heavy atom. The summed E-state index contributed by atoms with van der Waals surface area (Å²) < 4.78 is 51.4. The second kappa shape index (κ2) is 18.2. The number of hydrogen-bond acceptors (Lipinski definition) is 14. The zero-order chi connectivity index (χ0) is 42.7. The number of benzene rings is 1. The first kappa shape index (κ1) is 45.2. The second-order valence-corrected chi connectivity index (χ2v) is 17.3. The SMILES string of the molecule is CC[C@H]1OC(=O)[C@@](C)(F)C(=O)[C@H](C)[C@@H](O[C@@H]2O[C@H](C)C[C@H](N(C)C)[C@H]2O)[C@](C)(OCC#CCc2ccc(-c3csnn3)cc2)C[C@@H](C)C(=O)[C@H](C)[C@H]2NC(=O)O[C@@]21C. The van der Waals surface area contributed by atoms with Crippen molar-refractivity contribution >= 4 is 35.2 Å². The molecule has 5 rings (SSSR count). The number of rotatable bonds is 8. The van der Waals surface area contributed by atoms with Crippen LogP contribution in [0.3, 0.4) is 0 Å². The minimum absolute atomic E-state index is 0.0640. The standard InChI is InChI=1S/C42H57FN4O10S/c1-11-31-42(8)34(44-39(52)57-42)25(4)32(48)23(2)21-40(6,53-19-13-12-14-27-15-17-28(18-16-27)29-22-58-46-45-29)36(26(5)35(50)41(7,43)38(51)55-31)56-37-33(49)30(47(9)10)20-24(3)54-37/h15-18,22-26,30-31,33-34,36-37,49H,11,14,19-21H2,1-10H3,(H,44,52)/t23-,24-,25+,26+,30+,31-,33-,34-,36-,37+,40-,41+,42-/m1/s1. The number of carbonyl (C=O) groups excluding carboxylic acids is 4. The quantitative estimate of drug-likeness (QED) is 0.213. The van der Waals surface area contributed by atoms with Crippen LogP contribution in [0.4, 0.5) is 9.18 Å². The summed E-state index contributed by atoms with van der Waals surface area (Å²) in [4.78, 5) is 57.1. The number of alkyl halides is 1. The van der Waals surface area contributed by atoms with Crippen molar-refractivity contribution in [3.63, 3.8) is 0 Å². The molecular formula is C42H57FN4O10S. The third kappa shape index (κ3) is 9.45. The maximum Gasteiger partial charge on any atom is 0.408 e. The van der Waals surface area contributed by atoms with Crippen LogP contribution >= 0.6 is 11.5 Å². The van der Waals surface area contributed by atoms with Crippen molar-refractivity contribution in [3.8, 4) is 23.1 Å². The molecule has 0 aliphatic carbocycles. The van der Waals surface area contributed by atoms with Gasteiger partial charge in [0.05, 0.1) is 23.9 Å². The summed E-state index contributed by atoms with van der Waals surface area (Å²) in [6, 6.07) is 6.39. The molecule has 13 atom stereocenters. The lowest BCUT2D eigenvalue weighted by Gasteiger charge is -2.47. The van der Waals surface area contributed by atoms with Gasteiger partial charge in [0.15, 0.2) is 17.7 Å². The summed E-state index contributed by atoms with van der Waals surface area (Å²) in [5.41, 5.74) is -3.70. The number of carbonyl (C=O) groups is 4. The van der Waals surface area contributed by atoms with E-state index >= 15 is 4.39 Å². The molecule has 0 bridgehead atoms. The summed E-state index contributed by atoms with van der Waals surface area (Å²) in [6.07, 6.45) is -5.40. The molecule has 58 heavy (non-hydrogen) atoms. The summed E-state index contributed by atoms with van der Waals surface area (Å²) in [7, 11) is 3.63. The molecule has 3 aliphatic rings. The van der Waals surface area contributed by atoms with Gasteiger partial charge in [-0.2, -0.15) is 0 Å². The molecule has 0 spiro atoms. The highest BCUT2D eigenvalue weighted by molar-refractivity contribution is 7.03. The fourth-order valence-corrected chi connectivity index (χ4v) is 9.10. The third-order valence-corrected chi connectivity index (χ3v) is 12.5. The van der Waals surface area contributed by atoms with Gasteiger partial charge in [-0.15, -0.1) is 5.10 Å². The first-order valence-electron chi connectivity index (χ1n) is 19.8. The molecule has 0 saturated carbocycles. The van der Waals surface area contributed by atoms with E-state index in [1.165, 1.54) is 25.4 Å². The van der Waals surface area contributed by atoms with E-state index in [2.05, 4.69) is 26.7 Å². The molecule has 2 N–H and O–H groups in total. The van der Waals surface area contributed by atoms with E-state index in [-0.39, 0.29) is 31.3 Å². The van der Waals surface area contributed by atoms with E-state index in [0.717, 1.165) is 23.7 Å². The van der Waals surface area contributed by atoms with Gasteiger partial charge in [0.1, 0.15) is 30.3 Å². The summed E-state index contributed by atoms with van der Waals surface area (Å²) in [5.74, 6) is 0.127. The highest BCUT2D eigenvalue weighted by atomic mass is 32.1. The van der Waals surface area contributed by atoms with Gasteiger partial charge in [-0.25, -0.2) is 14.0 Å². The van der Waals surface area contributed by atoms with Crippen molar-refractivity contribution in [2.24, 2.45) is 17.8 Å². The first-order chi connectivity index (χ1) is 27.2. The number of cyclic esters (lactones) is 1. The van der Waals surface area contributed by atoms with Crippen LogP contribution in [-0.4, -0.2) is 124 Å². The molecule has 1 amide bonds. The molecule has 2 aromatic rings. The highest BCUT2D eigenvalue weighted by Gasteiger charge is 2.59. The van der Waals surface area contributed by atoms with Crippen molar-refractivity contribution in [3.05, 3.63) is 35.2 Å². The number of ketones is 2. The Bertz CT molecular complexity index is 1850. The van der Waals surface area contributed by atoms with Gasteiger partial charge in [-0.1, -0.05) is 68.3 Å². The van der Waals surface area contributed by atoms with Crippen LogP contribution in [0.1, 0.15) is 80.2 Å². The van der Waals surface area contributed by atoms with E-state index < -0.39 is 89.2 Å². The van der Waals surface area contributed by atoms with Crippen molar-refractivity contribution in [2.75, 3.05) is 20.7 Å². The minimum Gasteiger partial charge on any atom is -0.455 e. The van der Waals surface area contributed by atoms with Crippen LogP contribution in [0.25, 0.3) is 11.3 Å². The van der Waals surface area contributed by atoms with Crippen LogP contribution < -0.4 is 5.32 Å². The van der Waals surface area contributed by atoms with Gasteiger partial charge in [-0.3, -0.25) is 9.59 Å². The average molecular weight is 829 g/mol. The molecule has 3 aliphatic heterocycles. The Hall–Kier alpha value is -3.85. The normalized spacial score (nSPS) is 37.5. The number of ether oxygens (including phenoxy) is 5. The predicted octanol–water partition coefficient (Wildman–Crippen LogP) is 4.70. The van der Waals surface area contributed by atoms with E-state index in [9.17, 15) is 24.3 Å². The molecule has 16 heteroatoms. The van der Waals surface area contributed by atoms with Gasteiger partial charge in [0.25, 0.3) is 5.67 Å². The van der Waals surface area contributed by atoms with E-state index in [4.69, 9.17) is 23.7 Å². The summed E-state index contributed by atoms with van der Waals surface area (Å²) in [5, 5.41) is 20.2. The van der Waals surface area contributed by atoms with Crippen LogP contribution in [0.2, 0.25) is 0 Å². The van der Waals surface area contributed by atoms with Crippen molar-refractivity contribution < 1.29 is 52.4 Å². The molecule has 0 radical (unpaired) electrons. The molecule has 4 heterocycles. The van der Waals surface area contributed by atoms with Gasteiger partial charge in [-0.05, 0) is 78.1 Å². The van der Waals surface area contributed by atoms with Crippen molar-refractivity contribution in [1.82, 2.24) is 19.8 Å². The Labute approximate surface area is 344 Å². The molecule has 3 fully saturated rings. The third-order valence-electron chi connectivity index (χ3n) is 12.0. The number of aliphatic hydroxyl groups excluding tert-OH is 1. The monoisotopic (exact) mass is 828 g/mol. The van der Waals surface area contributed by atoms with Gasteiger partial charge >= 0.3 is 12.1 Å². The molecule has 318 valence electrons. The number of nitrogens with zero attached hydrogens (tertiary/aromatic N) is 3. The van der Waals surface area contributed by atoms with Gasteiger partial charge in [0, 0.05) is 41.2 Å². The largest absolute Gasteiger partial charge is 0.455 e. The lowest BCUT2D eigenvalue weighted by Crippen LogP contribution is -2.61. The van der Waals surface area contributed by atoms with Crippen molar-refractivity contribution in [2.45, 2.75) is 141 Å². The zero-order valence-corrected chi connectivity index (χ0v) is 35.8. The lowest BCUT2D eigenvalue weighted by atomic mass is 9.73. The first-order valence-corrected chi connectivity index (χ1v) is 20.7. The summed E-state index contributed by atoms with van der Waals surface area (Å²) >= 11 is 1.27. The predicted molar refractivity (Wildman–Crippen MR) is 212 cm³/mol. The van der Waals surface area contributed by atoms with E-state index in [1.54, 1.807) is 27.7 Å². The van der Waals surface area contributed by atoms with Gasteiger partial charge < -0.3 is 39.0 Å². The van der Waals surface area contributed by atoms with Crippen LogP contribution in [0.15, 0.2) is 29.6 Å². The molecular weight excluding hydrogens is 772 g/mol. The number of aromatic nitrogens is 2. The molecule has 3 saturated heterocycles. The van der Waals surface area contributed by atoms with E-state index in [1.807, 2.05) is 55.6 Å². The number of hydrogen-bond donors (Lipinski definition) is 2. The minimum atomic E-state index is -3.20. The Morgan fingerprint density at radius 2 is 1.74 bits per heavy atom. The molecule has 1 aromatic heterocycles. The number of esters is 1. The number of Topliss-reactive ketones (excluding diaryl/α,β-unsaturated/α-hetero) is 2. The smallest absolute Gasteiger partial charge is 0.408 e. The molecule has 0 unspecified atom stereocenters. The fraction of sp³-hybridized carbons (Fsp3) is 0.667. The molecule has 14 nitrogen and oxygen atoms in total. The Kier molecular flexibility index (Phi) is 14.2. The number of amides is 1. The topological polar surface area (TPSA) is 176 Å². The average Bonchev–Trinajstić information content (AvgIpc) is 3.83. The number of aliphatic hydroxyl groups is 1. The highest BCUT2D eigenvalue weighted by Crippen LogP contribution is 2.41. The van der Waals surface area contributed by atoms with Gasteiger partial charge in [0.2, 0.25) is 0 Å². The van der Waals surface area contributed by atoms with Crippen LogP contribution in [0, 0.1) is 29.6 Å². The second-order valence-electron chi connectivity index (χ2n) is 16.7. The maximum absolute atomic E-state index is 16.9. The van der Waals surface area contributed by atoms with Crippen LogP contribution in [0.5, 0.6) is 0 Å². The number of alkyl carbamates (subject to hydrolysis) is 1. The molecule has 1 aromatic carbocycles. The zero-order valence-electron chi connectivity index (χ0n) is 34.9. The summed E-state index contributed by atoms with van der Waals surface area (Å²) in [6.45, 7) is 12.1. The van der Waals surface area contributed by atoms with Crippen molar-refractivity contribution in [1.29, 1.82) is 0 Å². The van der Waals surface area contributed by atoms with Crippen LogP contribution in [-0.2, 0) is 44.5 Å². The number of fused-ring (bicyclic) bond motifs is 1.